The third kappa shape index (κ3) is 5.05. The lowest BCUT2D eigenvalue weighted by molar-refractivity contribution is -0.123. The fraction of sp³-hybridized carbons (Fsp3) is 0.571. The van der Waals surface area contributed by atoms with E-state index in [0.29, 0.717) is 6.54 Å². The van der Waals surface area contributed by atoms with Crippen molar-refractivity contribution in [3.8, 4) is 0 Å². The van der Waals surface area contributed by atoms with Gasteiger partial charge in [0, 0.05) is 12.6 Å². The average Bonchev–Trinajstić information content (AvgIpc) is 2.97. The van der Waals surface area contributed by atoms with E-state index in [1.54, 1.807) is 19.1 Å². The number of carbonyl (C=O) groups excluding carboxylic acids is 2. The number of nitrogens with two attached hydrogens (primary N) is 1. The van der Waals surface area contributed by atoms with E-state index < -0.39 is 11.9 Å². The zero-order valence-corrected chi connectivity index (χ0v) is 12.0. The molecule has 20 heavy (non-hydrogen) atoms. The lowest BCUT2D eigenvalue weighted by atomic mass is 10.1. The molecule has 0 radical (unpaired) electrons. The molecule has 2 atom stereocenters. The zero-order chi connectivity index (χ0) is 15.0. The zero-order valence-electron chi connectivity index (χ0n) is 12.0. The van der Waals surface area contributed by atoms with Crippen LogP contribution in [0.25, 0.3) is 0 Å². The largest absolute Gasteiger partial charge is 0.459 e. The second-order valence-corrected chi connectivity index (χ2v) is 4.76. The van der Waals surface area contributed by atoms with E-state index in [1.165, 1.54) is 6.26 Å². The van der Waals surface area contributed by atoms with Gasteiger partial charge in [0.15, 0.2) is 5.76 Å². The Morgan fingerprint density at radius 3 is 2.70 bits per heavy atom. The monoisotopic (exact) mass is 281 g/mol. The first-order valence-electron chi connectivity index (χ1n) is 6.93. The highest BCUT2D eigenvalue weighted by Gasteiger charge is 2.20. The maximum absolute atomic E-state index is 12.0. The third-order valence-electron chi connectivity index (χ3n) is 3.02. The Labute approximate surface area is 119 Å². The van der Waals surface area contributed by atoms with Crippen LogP contribution in [0.15, 0.2) is 22.8 Å². The second-order valence-electron chi connectivity index (χ2n) is 4.76. The van der Waals surface area contributed by atoms with E-state index in [0.717, 1.165) is 19.3 Å². The summed E-state index contributed by atoms with van der Waals surface area (Å²) in [6.07, 6.45) is 4.32. The van der Waals surface area contributed by atoms with Gasteiger partial charge in [0.1, 0.15) is 6.04 Å². The van der Waals surface area contributed by atoms with Gasteiger partial charge < -0.3 is 20.8 Å². The van der Waals surface area contributed by atoms with E-state index in [1.807, 2.05) is 0 Å². The highest BCUT2D eigenvalue weighted by Crippen LogP contribution is 2.02. The minimum atomic E-state index is -0.636. The van der Waals surface area contributed by atoms with Gasteiger partial charge in [-0.3, -0.25) is 9.59 Å². The molecule has 1 aromatic rings. The first kappa shape index (κ1) is 16.2. The molecular formula is C14H23N3O3. The van der Waals surface area contributed by atoms with Crippen molar-refractivity contribution in [2.24, 2.45) is 5.73 Å². The molecule has 6 heteroatoms. The van der Waals surface area contributed by atoms with Gasteiger partial charge in [-0.2, -0.15) is 0 Å². The van der Waals surface area contributed by atoms with Gasteiger partial charge in [0.2, 0.25) is 5.91 Å². The van der Waals surface area contributed by atoms with Gasteiger partial charge in [0.25, 0.3) is 5.91 Å². The van der Waals surface area contributed by atoms with Crippen LogP contribution in [0.4, 0.5) is 0 Å². The molecule has 0 aliphatic heterocycles. The number of amides is 2. The SMILES string of the molecule is CCCCC(CN)NC(=O)C(C)NC(=O)c1ccco1. The Hall–Kier alpha value is -1.82. The molecule has 4 N–H and O–H groups in total. The Kier molecular flexibility index (Phi) is 6.79. The molecule has 0 fully saturated rings. The van der Waals surface area contributed by atoms with Gasteiger partial charge in [-0.1, -0.05) is 19.8 Å². The van der Waals surface area contributed by atoms with E-state index in [2.05, 4.69) is 17.6 Å². The number of furan rings is 1. The molecule has 0 saturated heterocycles. The van der Waals surface area contributed by atoms with Crippen molar-refractivity contribution in [1.29, 1.82) is 0 Å². The molecule has 2 amide bonds. The van der Waals surface area contributed by atoms with Crippen LogP contribution >= 0.6 is 0 Å². The molecule has 0 saturated carbocycles. The fourth-order valence-electron chi connectivity index (χ4n) is 1.77. The van der Waals surface area contributed by atoms with E-state index in [9.17, 15) is 9.59 Å². The quantitative estimate of drug-likeness (QED) is 0.663. The molecule has 1 rings (SSSR count). The smallest absolute Gasteiger partial charge is 0.287 e. The maximum Gasteiger partial charge on any atom is 0.287 e. The van der Waals surface area contributed by atoms with Crippen molar-refractivity contribution in [2.75, 3.05) is 6.54 Å². The molecular weight excluding hydrogens is 258 g/mol. The topological polar surface area (TPSA) is 97.4 Å². The van der Waals surface area contributed by atoms with Crippen LogP contribution in [0.5, 0.6) is 0 Å². The summed E-state index contributed by atoms with van der Waals surface area (Å²) in [5.41, 5.74) is 5.62. The Morgan fingerprint density at radius 1 is 1.40 bits per heavy atom. The Balaban J connectivity index is 2.43. The van der Waals surface area contributed by atoms with E-state index in [-0.39, 0.29) is 17.7 Å². The van der Waals surface area contributed by atoms with Crippen LogP contribution in [0, 0.1) is 0 Å². The van der Waals surface area contributed by atoms with E-state index >= 15 is 0 Å². The highest BCUT2D eigenvalue weighted by molar-refractivity contribution is 5.95. The summed E-state index contributed by atoms with van der Waals surface area (Å²) in [4.78, 5) is 23.7. The Morgan fingerprint density at radius 2 is 2.15 bits per heavy atom. The molecule has 0 spiro atoms. The summed E-state index contributed by atoms with van der Waals surface area (Å²) in [5, 5.41) is 5.42. The summed E-state index contributed by atoms with van der Waals surface area (Å²) in [6, 6.07) is 2.48. The second kappa shape index (κ2) is 8.37. The number of unbranched alkanes of at least 4 members (excludes halogenated alkanes) is 1. The van der Waals surface area contributed by atoms with Crippen LogP contribution in [0.2, 0.25) is 0 Å². The predicted molar refractivity (Wildman–Crippen MR) is 76.1 cm³/mol. The number of rotatable bonds is 8. The van der Waals surface area contributed by atoms with Gasteiger partial charge in [-0.15, -0.1) is 0 Å². The summed E-state index contributed by atoms with van der Waals surface area (Å²) in [5.74, 6) is -0.460. The molecule has 1 heterocycles. The molecule has 0 aromatic carbocycles. The minimum absolute atomic E-state index is 0.0505. The third-order valence-corrected chi connectivity index (χ3v) is 3.02. The van der Waals surface area contributed by atoms with Crippen molar-refractivity contribution in [3.63, 3.8) is 0 Å². The van der Waals surface area contributed by atoms with Gasteiger partial charge in [-0.05, 0) is 25.5 Å². The molecule has 1 aromatic heterocycles. The predicted octanol–water partition coefficient (Wildman–Crippen LogP) is 1.03. The summed E-state index contributed by atoms with van der Waals surface area (Å²) >= 11 is 0. The molecule has 0 bridgehead atoms. The first-order chi connectivity index (χ1) is 9.58. The first-order valence-corrected chi connectivity index (χ1v) is 6.93. The van der Waals surface area contributed by atoms with Crippen LogP contribution in [-0.4, -0.2) is 30.4 Å². The maximum atomic E-state index is 12.0. The Bertz CT molecular complexity index is 417. The van der Waals surface area contributed by atoms with Crippen LogP contribution in [0.3, 0.4) is 0 Å². The molecule has 0 aliphatic carbocycles. The molecule has 0 aliphatic rings. The van der Waals surface area contributed by atoms with Crippen molar-refractivity contribution in [2.45, 2.75) is 45.2 Å². The highest BCUT2D eigenvalue weighted by atomic mass is 16.3. The van der Waals surface area contributed by atoms with Gasteiger partial charge >= 0.3 is 0 Å². The van der Waals surface area contributed by atoms with Crippen molar-refractivity contribution >= 4 is 11.8 Å². The molecule has 6 nitrogen and oxygen atoms in total. The summed E-state index contributed by atoms with van der Waals surface area (Å²) in [6.45, 7) is 4.11. The van der Waals surface area contributed by atoms with Crippen molar-refractivity contribution in [3.05, 3.63) is 24.2 Å². The summed E-state index contributed by atoms with van der Waals surface area (Å²) in [7, 11) is 0. The normalized spacial score (nSPS) is 13.6. The number of carbonyl (C=O) groups is 2. The fourth-order valence-corrected chi connectivity index (χ4v) is 1.77. The van der Waals surface area contributed by atoms with E-state index in [4.69, 9.17) is 10.2 Å². The standard InChI is InChI=1S/C14H23N3O3/c1-3-4-6-11(9-15)17-13(18)10(2)16-14(19)12-7-5-8-20-12/h5,7-8,10-11H,3-4,6,9,15H2,1-2H3,(H,16,19)(H,17,18). The van der Waals surface area contributed by atoms with Crippen LogP contribution in [-0.2, 0) is 4.79 Å². The molecule has 112 valence electrons. The number of nitrogens with one attached hydrogen (secondary N) is 2. The molecule has 2 unspecified atom stereocenters. The number of hydrogen-bond donors (Lipinski definition) is 3. The van der Waals surface area contributed by atoms with Crippen molar-refractivity contribution < 1.29 is 14.0 Å². The summed E-state index contributed by atoms with van der Waals surface area (Å²) < 4.78 is 4.97. The average molecular weight is 281 g/mol. The number of hydrogen-bond acceptors (Lipinski definition) is 4. The minimum Gasteiger partial charge on any atom is -0.459 e. The lowest BCUT2D eigenvalue weighted by Gasteiger charge is -2.20. The van der Waals surface area contributed by atoms with Crippen LogP contribution < -0.4 is 16.4 Å². The van der Waals surface area contributed by atoms with Gasteiger partial charge in [-0.25, -0.2) is 0 Å². The van der Waals surface area contributed by atoms with Crippen LogP contribution in [0.1, 0.15) is 43.7 Å². The van der Waals surface area contributed by atoms with Gasteiger partial charge in [0.05, 0.1) is 6.26 Å². The van der Waals surface area contributed by atoms with Crippen molar-refractivity contribution in [1.82, 2.24) is 10.6 Å². The lowest BCUT2D eigenvalue weighted by Crippen LogP contribution is -2.49.